The van der Waals surface area contributed by atoms with Gasteiger partial charge in [0, 0.05) is 18.3 Å². The number of aryl methyl sites for hydroxylation is 1. The Bertz CT molecular complexity index is 750. The molecule has 0 radical (unpaired) electrons. The van der Waals surface area contributed by atoms with E-state index in [4.69, 9.17) is 0 Å². The van der Waals surface area contributed by atoms with Crippen molar-refractivity contribution in [2.24, 2.45) is 0 Å². The Labute approximate surface area is 128 Å². The predicted molar refractivity (Wildman–Crippen MR) is 84.5 cm³/mol. The van der Waals surface area contributed by atoms with E-state index in [1.807, 2.05) is 31.5 Å². The van der Waals surface area contributed by atoms with E-state index in [1.165, 1.54) is 5.56 Å². The maximum Gasteiger partial charge on any atom is 0.166 e. The van der Waals surface area contributed by atoms with Crippen molar-refractivity contribution in [3.8, 4) is 0 Å². The first kappa shape index (κ1) is 14.1. The van der Waals surface area contributed by atoms with Crippen LogP contribution in [0, 0.1) is 6.92 Å². The maximum atomic E-state index is 10.9. The van der Waals surface area contributed by atoms with Crippen LogP contribution < -0.4 is 0 Å². The summed E-state index contributed by atoms with van der Waals surface area (Å²) in [4.78, 5) is 27.8. The largest absolute Gasteiger partial charge is 0.359 e. The van der Waals surface area contributed by atoms with Gasteiger partial charge in [0.1, 0.15) is 0 Å². The van der Waals surface area contributed by atoms with E-state index in [1.54, 1.807) is 0 Å². The maximum absolute atomic E-state index is 10.9. The molecular formula is C18H16N2O2. The second-order valence-electron chi connectivity index (χ2n) is 5.36. The molecular weight excluding hydrogens is 276 g/mol. The lowest BCUT2D eigenvalue weighted by Crippen LogP contribution is -2.01. The Morgan fingerprint density at radius 2 is 1.32 bits per heavy atom. The van der Waals surface area contributed by atoms with E-state index < -0.39 is 0 Å². The van der Waals surface area contributed by atoms with Crippen molar-refractivity contribution in [2.45, 2.75) is 12.8 Å². The summed E-state index contributed by atoms with van der Waals surface area (Å²) in [6.45, 7) is 2.04. The molecule has 0 bridgehead atoms. The molecule has 1 aromatic carbocycles. The van der Waals surface area contributed by atoms with Gasteiger partial charge < -0.3 is 9.97 Å². The molecule has 0 atom stereocenters. The summed E-state index contributed by atoms with van der Waals surface area (Å²) in [5, 5.41) is 0. The van der Waals surface area contributed by atoms with Gasteiger partial charge >= 0.3 is 0 Å². The average Bonchev–Trinajstić information content (AvgIpc) is 3.19. The average molecular weight is 292 g/mol. The minimum atomic E-state index is -0.0319. The SMILES string of the molecule is Cc1ccc(C(c2c[nH]c(C=O)c2)c2c[nH]c(C=O)c2)cc1. The lowest BCUT2D eigenvalue weighted by atomic mass is 9.87. The fraction of sp³-hybridized carbons (Fsp3) is 0.111. The molecule has 0 amide bonds. The van der Waals surface area contributed by atoms with E-state index in [-0.39, 0.29) is 5.92 Å². The molecule has 2 N–H and O–H groups in total. The van der Waals surface area contributed by atoms with Crippen LogP contribution >= 0.6 is 0 Å². The zero-order valence-electron chi connectivity index (χ0n) is 12.2. The number of hydrogen-bond donors (Lipinski definition) is 2. The smallest absolute Gasteiger partial charge is 0.166 e. The lowest BCUT2D eigenvalue weighted by Gasteiger charge is -2.15. The standard InChI is InChI=1S/C18H16N2O2/c1-12-2-4-13(5-3-12)18(14-6-16(10-21)19-8-14)15-7-17(11-22)20-9-15/h2-11,18-20H,1H3. The van der Waals surface area contributed by atoms with E-state index in [2.05, 4.69) is 34.2 Å². The predicted octanol–water partition coefficient (Wildman–Crippen LogP) is 3.46. The highest BCUT2D eigenvalue weighted by Gasteiger charge is 2.19. The van der Waals surface area contributed by atoms with Crippen molar-refractivity contribution in [3.63, 3.8) is 0 Å². The number of aldehydes is 2. The summed E-state index contributed by atoms with van der Waals surface area (Å²) in [6, 6.07) is 11.9. The quantitative estimate of drug-likeness (QED) is 0.707. The summed E-state index contributed by atoms with van der Waals surface area (Å²) in [6.07, 6.45) is 5.26. The Morgan fingerprint density at radius 3 is 1.73 bits per heavy atom. The van der Waals surface area contributed by atoms with Crippen LogP contribution in [0.2, 0.25) is 0 Å². The van der Waals surface area contributed by atoms with E-state index in [9.17, 15) is 9.59 Å². The van der Waals surface area contributed by atoms with Crippen LogP contribution in [0.1, 0.15) is 49.1 Å². The molecule has 4 nitrogen and oxygen atoms in total. The minimum absolute atomic E-state index is 0.0319. The van der Waals surface area contributed by atoms with Gasteiger partial charge in [-0.25, -0.2) is 0 Å². The number of H-pyrrole nitrogens is 2. The van der Waals surface area contributed by atoms with Gasteiger partial charge in [0.15, 0.2) is 12.6 Å². The van der Waals surface area contributed by atoms with Crippen molar-refractivity contribution in [3.05, 3.63) is 82.4 Å². The highest BCUT2D eigenvalue weighted by atomic mass is 16.1. The summed E-state index contributed by atoms with van der Waals surface area (Å²) in [5.41, 5.74) is 5.35. The highest BCUT2D eigenvalue weighted by Crippen LogP contribution is 2.32. The molecule has 0 spiro atoms. The Kier molecular flexibility index (Phi) is 3.74. The van der Waals surface area contributed by atoms with Gasteiger partial charge in [-0.2, -0.15) is 0 Å². The fourth-order valence-electron chi connectivity index (χ4n) is 2.66. The van der Waals surface area contributed by atoms with Crippen LogP contribution in [0.15, 0.2) is 48.8 Å². The van der Waals surface area contributed by atoms with E-state index in [0.29, 0.717) is 11.4 Å². The van der Waals surface area contributed by atoms with Crippen molar-refractivity contribution in [2.75, 3.05) is 0 Å². The summed E-state index contributed by atoms with van der Waals surface area (Å²) in [5.74, 6) is -0.0319. The number of hydrogen-bond acceptors (Lipinski definition) is 2. The normalized spacial score (nSPS) is 10.8. The van der Waals surface area contributed by atoms with Gasteiger partial charge in [-0.15, -0.1) is 0 Å². The molecule has 4 heteroatoms. The topological polar surface area (TPSA) is 65.7 Å². The van der Waals surface area contributed by atoms with Crippen LogP contribution in [-0.2, 0) is 0 Å². The second kappa shape index (κ2) is 5.85. The first-order valence-corrected chi connectivity index (χ1v) is 7.05. The number of carbonyl (C=O) groups excluding carboxylic acids is 2. The third-order valence-corrected chi connectivity index (χ3v) is 3.79. The number of rotatable bonds is 5. The third-order valence-electron chi connectivity index (χ3n) is 3.79. The first-order chi connectivity index (χ1) is 10.7. The van der Waals surface area contributed by atoms with Crippen molar-refractivity contribution < 1.29 is 9.59 Å². The number of aromatic amines is 2. The van der Waals surface area contributed by atoms with Gasteiger partial charge in [-0.05, 0) is 35.7 Å². The molecule has 3 aromatic rings. The molecule has 22 heavy (non-hydrogen) atoms. The summed E-state index contributed by atoms with van der Waals surface area (Å²) < 4.78 is 0. The molecule has 3 rings (SSSR count). The molecule has 110 valence electrons. The van der Waals surface area contributed by atoms with Crippen LogP contribution in [-0.4, -0.2) is 22.5 Å². The number of benzene rings is 1. The van der Waals surface area contributed by atoms with Crippen LogP contribution in [0.3, 0.4) is 0 Å². The fourth-order valence-corrected chi connectivity index (χ4v) is 2.66. The molecule has 2 aromatic heterocycles. The first-order valence-electron chi connectivity index (χ1n) is 7.05. The number of carbonyl (C=O) groups is 2. The molecule has 0 saturated carbocycles. The summed E-state index contributed by atoms with van der Waals surface area (Å²) >= 11 is 0. The number of nitrogens with one attached hydrogen (secondary N) is 2. The monoisotopic (exact) mass is 292 g/mol. The molecule has 0 unspecified atom stereocenters. The van der Waals surface area contributed by atoms with Crippen LogP contribution in [0.25, 0.3) is 0 Å². The van der Waals surface area contributed by atoms with E-state index >= 15 is 0 Å². The van der Waals surface area contributed by atoms with Crippen molar-refractivity contribution in [1.82, 2.24) is 9.97 Å². The Balaban J connectivity index is 2.10. The van der Waals surface area contributed by atoms with Gasteiger partial charge in [0.2, 0.25) is 0 Å². The van der Waals surface area contributed by atoms with Gasteiger partial charge in [-0.3, -0.25) is 9.59 Å². The molecule has 0 saturated heterocycles. The molecule has 0 aliphatic rings. The zero-order valence-corrected chi connectivity index (χ0v) is 12.2. The van der Waals surface area contributed by atoms with E-state index in [0.717, 1.165) is 29.3 Å². The molecule has 0 aliphatic carbocycles. The zero-order chi connectivity index (χ0) is 15.5. The van der Waals surface area contributed by atoms with Crippen LogP contribution in [0.5, 0.6) is 0 Å². The Hall–Kier alpha value is -2.88. The van der Waals surface area contributed by atoms with Crippen molar-refractivity contribution >= 4 is 12.6 Å². The van der Waals surface area contributed by atoms with Gasteiger partial charge in [0.25, 0.3) is 0 Å². The summed E-state index contributed by atoms with van der Waals surface area (Å²) in [7, 11) is 0. The van der Waals surface area contributed by atoms with Crippen molar-refractivity contribution in [1.29, 1.82) is 0 Å². The highest BCUT2D eigenvalue weighted by molar-refractivity contribution is 5.74. The second-order valence-corrected chi connectivity index (χ2v) is 5.36. The number of aromatic nitrogens is 2. The van der Waals surface area contributed by atoms with Crippen LogP contribution in [0.4, 0.5) is 0 Å². The molecule has 0 aliphatic heterocycles. The third kappa shape index (κ3) is 2.63. The lowest BCUT2D eigenvalue weighted by molar-refractivity contribution is 0.111. The molecule has 0 fully saturated rings. The van der Waals surface area contributed by atoms with Gasteiger partial charge in [-0.1, -0.05) is 29.8 Å². The molecule has 2 heterocycles. The Morgan fingerprint density at radius 1 is 0.818 bits per heavy atom. The minimum Gasteiger partial charge on any atom is -0.359 e. The van der Waals surface area contributed by atoms with Gasteiger partial charge in [0.05, 0.1) is 11.4 Å².